The molecule has 5 nitrogen and oxygen atoms in total. The van der Waals surface area contributed by atoms with Crippen molar-refractivity contribution in [1.82, 2.24) is 5.43 Å². The van der Waals surface area contributed by atoms with Gasteiger partial charge >= 0.3 is 0 Å². The van der Waals surface area contributed by atoms with Gasteiger partial charge in [0, 0.05) is 4.47 Å². The number of methoxy groups -OCH3 is 1. The second kappa shape index (κ2) is 9.58. The third-order valence-corrected chi connectivity index (χ3v) is 4.35. The van der Waals surface area contributed by atoms with Gasteiger partial charge in [-0.1, -0.05) is 53.2 Å². The minimum absolute atomic E-state index is 0.175. The maximum Gasteiger partial charge on any atom is 0.277 e. The number of rotatable bonds is 7. The first-order valence-electron chi connectivity index (χ1n) is 7.61. The third-order valence-electron chi connectivity index (χ3n) is 3.30. The summed E-state index contributed by atoms with van der Waals surface area (Å²) in [4.78, 5) is 12.0. The minimum Gasteiger partial charge on any atom is -0.493 e. The Morgan fingerprint density at radius 1 is 1.20 bits per heavy atom. The van der Waals surface area contributed by atoms with Gasteiger partial charge in [-0.05, 0) is 40.0 Å². The summed E-state index contributed by atoms with van der Waals surface area (Å²) >= 11 is 6.77. The van der Waals surface area contributed by atoms with Crippen LogP contribution in [-0.4, -0.2) is 25.3 Å². The zero-order valence-electron chi connectivity index (χ0n) is 13.9. The summed E-state index contributed by atoms with van der Waals surface area (Å²) in [6.45, 7) is 1.81. The molecular formula is C18H18Br2N2O3. The van der Waals surface area contributed by atoms with Crippen LogP contribution in [0, 0.1) is 0 Å². The van der Waals surface area contributed by atoms with Crippen LogP contribution in [0.2, 0.25) is 0 Å². The van der Waals surface area contributed by atoms with Crippen LogP contribution in [0.5, 0.6) is 11.5 Å². The second-order valence-electron chi connectivity index (χ2n) is 5.02. The number of benzene rings is 2. The van der Waals surface area contributed by atoms with Crippen molar-refractivity contribution in [3.63, 3.8) is 0 Å². The monoisotopic (exact) mass is 468 g/mol. The molecule has 1 amide bonds. The number of nitrogens with one attached hydrogen (secondary N) is 1. The molecular weight excluding hydrogens is 452 g/mol. The van der Waals surface area contributed by atoms with Crippen LogP contribution < -0.4 is 14.9 Å². The van der Waals surface area contributed by atoms with E-state index in [1.807, 2.05) is 43.3 Å². The van der Waals surface area contributed by atoms with Gasteiger partial charge in [-0.3, -0.25) is 4.79 Å². The summed E-state index contributed by atoms with van der Waals surface area (Å²) in [5.41, 5.74) is 4.31. The summed E-state index contributed by atoms with van der Waals surface area (Å²) in [5.74, 6) is 0.637. The van der Waals surface area contributed by atoms with Crippen LogP contribution in [0.1, 0.15) is 18.9 Å². The number of hydrogen-bond donors (Lipinski definition) is 1. The molecule has 0 spiro atoms. The molecule has 0 heterocycles. The van der Waals surface area contributed by atoms with Crippen molar-refractivity contribution in [1.29, 1.82) is 0 Å². The lowest BCUT2D eigenvalue weighted by Crippen LogP contribution is -2.26. The van der Waals surface area contributed by atoms with Gasteiger partial charge in [0.15, 0.2) is 18.1 Å². The molecule has 0 fully saturated rings. The summed E-state index contributed by atoms with van der Waals surface area (Å²) in [6.07, 6.45) is 0.706. The van der Waals surface area contributed by atoms with Crippen molar-refractivity contribution in [2.75, 3.05) is 13.7 Å². The average Bonchev–Trinajstić information content (AvgIpc) is 2.61. The Bertz CT molecular complexity index is 764. The Kier molecular flexibility index (Phi) is 7.46. The van der Waals surface area contributed by atoms with Gasteiger partial charge in [0.25, 0.3) is 5.91 Å². The van der Waals surface area contributed by atoms with E-state index in [0.29, 0.717) is 22.4 Å². The van der Waals surface area contributed by atoms with Crippen LogP contribution in [0.15, 0.2) is 56.5 Å². The first kappa shape index (κ1) is 19.5. The molecule has 0 atom stereocenters. The first-order chi connectivity index (χ1) is 12.0. The molecule has 132 valence electrons. The summed E-state index contributed by atoms with van der Waals surface area (Å²) in [5, 5.41) is 4.19. The summed E-state index contributed by atoms with van der Waals surface area (Å²) in [7, 11) is 1.54. The fourth-order valence-corrected chi connectivity index (χ4v) is 3.41. The van der Waals surface area contributed by atoms with E-state index in [-0.39, 0.29) is 12.5 Å². The number of carbonyl (C=O) groups excluding carboxylic acids is 1. The second-order valence-corrected chi connectivity index (χ2v) is 6.79. The number of hydrogen-bond acceptors (Lipinski definition) is 4. The standard InChI is InChI=1S/C18H18Br2N2O3/c1-3-15(12-7-5-4-6-8-12)21-22-17(23)11-25-18-14(20)9-13(19)10-16(18)24-2/h4-10H,3,11H2,1-2H3,(H,22,23). The van der Waals surface area contributed by atoms with Gasteiger partial charge in [0.2, 0.25) is 0 Å². The SMILES string of the molecule is CCC(=NNC(=O)COc1c(Br)cc(Br)cc1OC)c1ccccc1. The number of carbonyl (C=O) groups is 1. The van der Waals surface area contributed by atoms with Crippen LogP contribution in [0.4, 0.5) is 0 Å². The van der Waals surface area contributed by atoms with Crippen LogP contribution >= 0.6 is 31.9 Å². The van der Waals surface area contributed by atoms with Gasteiger partial charge in [0.1, 0.15) is 0 Å². The number of ether oxygens (including phenoxy) is 2. The van der Waals surface area contributed by atoms with E-state index in [1.165, 1.54) is 0 Å². The lowest BCUT2D eigenvalue weighted by atomic mass is 10.1. The molecule has 25 heavy (non-hydrogen) atoms. The molecule has 2 aromatic carbocycles. The largest absolute Gasteiger partial charge is 0.493 e. The Morgan fingerprint density at radius 2 is 1.92 bits per heavy atom. The highest BCUT2D eigenvalue weighted by Crippen LogP contribution is 2.38. The van der Waals surface area contributed by atoms with Crippen molar-refractivity contribution in [3.8, 4) is 11.5 Å². The lowest BCUT2D eigenvalue weighted by molar-refractivity contribution is -0.123. The van der Waals surface area contributed by atoms with E-state index in [4.69, 9.17) is 9.47 Å². The van der Waals surface area contributed by atoms with Gasteiger partial charge in [-0.2, -0.15) is 5.10 Å². The fourth-order valence-electron chi connectivity index (χ4n) is 2.11. The number of halogens is 2. The quantitative estimate of drug-likeness (QED) is 0.478. The number of hydrazone groups is 1. The van der Waals surface area contributed by atoms with Crippen LogP contribution in [-0.2, 0) is 4.79 Å². The van der Waals surface area contributed by atoms with Crippen molar-refractivity contribution in [2.45, 2.75) is 13.3 Å². The van der Waals surface area contributed by atoms with Crippen molar-refractivity contribution >= 4 is 43.5 Å². The number of nitrogens with zero attached hydrogens (tertiary/aromatic N) is 1. The smallest absolute Gasteiger partial charge is 0.277 e. The topological polar surface area (TPSA) is 59.9 Å². The molecule has 0 unspecified atom stereocenters. The zero-order chi connectivity index (χ0) is 18.2. The predicted molar refractivity (Wildman–Crippen MR) is 105 cm³/mol. The maximum absolute atomic E-state index is 12.0. The average molecular weight is 470 g/mol. The summed E-state index contributed by atoms with van der Waals surface area (Å²) < 4.78 is 12.4. The Labute approximate surface area is 163 Å². The van der Waals surface area contributed by atoms with Crippen molar-refractivity contribution in [3.05, 3.63) is 57.0 Å². The molecule has 0 radical (unpaired) electrons. The van der Waals surface area contributed by atoms with Gasteiger partial charge in [-0.15, -0.1) is 0 Å². The third kappa shape index (κ3) is 5.57. The normalized spacial score (nSPS) is 11.1. The van der Waals surface area contributed by atoms with Crippen LogP contribution in [0.25, 0.3) is 0 Å². The molecule has 1 N–H and O–H groups in total. The molecule has 0 saturated carbocycles. The molecule has 2 rings (SSSR count). The molecule has 0 aliphatic carbocycles. The van der Waals surface area contributed by atoms with Crippen LogP contribution in [0.3, 0.4) is 0 Å². The van der Waals surface area contributed by atoms with Gasteiger partial charge < -0.3 is 9.47 Å². The van der Waals surface area contributed by atoms with Gasteiger partial charge in [0.05, 0.1) is 17.3 Å². The van der Waals surface area contributed by atoms with Gasteiger partial charge in [-0.25, -0.2) is 5.43 Å². The minimum atomic E-state index is -0.348. The van der Waals surface area contributed by atoms with Crippen molar-refractivity contribution in [2.24, 2.45) is 5.10 Å². The molecule has 0 aromatic heterocycles. The molecule has 0 saturated heterocycles. The highest BCUT2D eigenvalue weighted by molar-refractivity contribution is 9.11. The van der Waals surface area contributed by atoms with E-state index in [1.54, 1.807) is 13.2 Å². The van der Waals surface area contributed by atoms with E-state index in [2.05, 4.69) is 42.4 Å². The fraction of sp³-hybridized carbons (Fsp3) is 0.222. The number of amides is 1. The molecule has 0 aliphatic rings. The van der Waals surface area contributed by atoms with Crippen molar-refractivity contribution < 1.29 is 14.3 Å². The predicted octanol–water partition coefficient (Wildman–Crippen LogP) is 4.53. The molecule has 0 bridgehead atoms. The highest BCUT2D eigenvalue weighted by atomic mass is 79.9. The molecule has 0 aliphatic heterocycles. The Morgan fingerprint density at radius 3 is 2.56 bits per heavy atom. The van der Waals surface area contributed by atoms with E-state index in [0.717, 1.165) is 15.7 Å². The maximum atomic E-state index is 12.0. The zero-order valence-corrected chi connectivity index (χ0v) is 17.1. The van der Waals surface area contributed by atoms with E-state index in [9.17, 15) is 4.79 Å². The molecule has 7 heteroatoms. The summed E-state index contributed by atoms with van der Waals surface area (Å²) in [6, 6.07) is 13.3. The first-order valence-corrected chi connectivity index (χ1v) is 9.20. The van der Waals surface area contributed by atoms with E-state index >= 15 is 0 Å². The van der Waals surface area contributed by atoms with E-state index < -0.39 is 0 Å². The highest BCUT2D eigenvalue weighted by Gasteiger charge is 2.13. The lowest BCUT2D eigenvalue weighted by Gasteiger charge is -2.12. The Balaban J connectivity index is 2.00. The molecule has 2 aromatic rings. The Hall–Kier alpha value is -1.86.